The zero-order valence-electron chi connectivity index (χ0n) is 9.45. The molecule has 0 saturated heterocycles. The van der Waals surface area contributed by atoms with Crippen LogP contribution in [0.15, 0.2) is 24.5 Å². The number of fused-ring (bicyclic) bond motifs is 1. The average molecular weight is 233 g/mol. The number of non-ortho nitro benzene ring substituents is 1. The number of nitrogens with zero attached hydrogens (tertiary/aromatic N) is 3. The van der Waals surface area contributed by atoms with Gasteiger partial charge in [-0.25, -0.2) is 4.98 Å². The second-order valence-corrected chi connectivity index (χ2v) is 3.87. The Labute approximate surface area is 97.0 Å². The van der Waals surface area contributed by atoms with Crippen molar-refractivity contribution in [1.82, 2.24) is 9.55 Å². The monoisotopic (exact) mass is 233 g/mol. The van der Waals surface area contributed by atoms with Gasteiger partial charge in [0, 0.05) is 12.1 Å². The molecule has 0 aliphatic heterocycles. The minimum absolute atomic E-state index is 0.00164. The van der Waals surface area contributed by atoms with Crippen molar-refractivity contribution in [2.45, 2.75) is 19.9 Å². The Balaban J connectivity index is 2.56. The number of hydrogen-bond acceptors (Lipinski definition) is 4. The molecular formula is C11H11N3O3. The van der Waals surface area contributed by atoms with Gasteiger partial charge in [0.1, 0.15) is 0 Å². The lowest BCUT2D eigenvalue weighted by Crippen LogP contribution is -2.11. The summed E-state index contributed by atoms with van der Waals surface area (Å²) in [6.45, 7) is 3.27. The molecule has 0 aliphatic rings. The van der Waals surface area contributed by atoms with E-state index >= 15 is 0 Å². The van der Waals surface area contributed by atoms with Gasteiger partial charge in [-0.15, -0.1) is 0 Å². The Morgan fingerprint density at radius 1 is 1.53 bits per heavy atom. The quantitative estimate of drug-likeness (QED) is 0.600. The standard InChI is InChI=1S/C11H11N3O3/c1-7(8(2)15)13-6-12-10-5-9(14(16)17)3-4-11(10)13/h3-7H,1-2H3. The SMILES string of the molecule is CC(=O)C(C)n1cnc2cc([N+](=O)[O-])ccc21. The van der Waals surface area contributed by atoms with Crippen molar-refractivity contribution < 1.29 is 9.72 Å². The van der Waals surface area contributed by atoms with Crippen LogP contribution in [0.25, 0.3) is 11.0 Å². The molecule has 1 heterocycles. The van der Waals surface area contributed by atoms with Crippen molar-refractivity contribution in [3.63, 3.8) is 0 Å². The van der Waals surface area contributed by atoms with Gasteiger partial charge < -0.3 is 4.57 Å². The van der Waals surface area contributed by atoms with E-state index in [2.05, 4.69) is 4.98 Å². The molecule has 0 fully saturated rings. The molecule has 0 radical (unpaired) electrons. The maximum absolute atomic E-state index is 11.3. The van der Waals surface area contributed by atoms with E-state index in [-0.39, 0.29) is 17.5 Å². The first-order chi connectivity index (χ1) is 8.00. The number of nitro benzene ring substituents is 1. The van der Waals surface area contributed by atoms with Crippen LogP contribution in [0.3, 0.4) is 0 Å². The van der Waals surface area contributed by atoms with E-state index in [1.807, 2.05) is 0 Å². The fourth-order valence-corrected chi connectivity index (χ4v) is 1.64. The summed E-state index contributed by atoms with van der Waals surface area (Å²) in [6.07, 6.45) is 1.53. The van der Waals surface area contributed by atoms with Gasteiger partial charge in [-0.05, 0) is 19.9 Å². The number of rotatable bonds is 3. The molecule has 0 amide bonds. The number of hydrogen-bond donors (Lipinski definition) is 0. The Bertz CT molecular complexity index is 603. The Morgan fingerprint density at radius 2 is 2.24 bits per heavy atom. The number of imidazole rings is 1. The van der Waals surface area contributed by atoms with Crippen LogP contribution >= 0.6 is 0 Å². The normalized spacial score (nSPS) is 12.6. The fraction of sp³-hybridized carbons (Fsp3) is 0.273. The van der Waals surface area contributed by atoms with E-state index in [0.29, 0.717) is 5.52 Å². The highest BCUT2D eigenvalue weighted by atomic mass is 16.6. The number of ketones is 1. The van der Waals surface area contributed by atoms with Crippen LogP contribution in [0.4, 0.5) is 5.69 Å². The predicted octanol–water partition coefficient (Wildman–Crippen LogP) is 2.09. The minimum atomic E-state index is -0.465. The second kappa shape index (κ2) is 3.97. The highest BCUT2D eigenvalue weighted by molar-refractivity contribution is 5.84. The zero-order chi connectivity index (χ0) is 12.6. The number of benzene rings is 1. The third-order valence-electron chi connectivity index (χ3n) is 2.77. The van der Waals surface area contributed by atoms with Crippen molar-refractivity contribution in [2.75, 3.05) is 0 Å². The van der Waals surface area contributed by atoms with Gasteiger partial charge in [-0.3, -0.25) is 14.9 Å². The summed E-state index contributed by atoms with van der Waals surface area (Å²) in [5.74, 6) is 0.0163. The molecule has 2 aromatic rings. The van der Waals surface area contributed by atoms with Crippen LogP contribution in [-0.2, 0) is 4.79 Å². The number of Topliss-reactive ketones (excluding diaryl/α,β-unsaturated/α-hetero) is 1. The first-order valence-corrected chi connectivity index (χ1v) is 5.12. The van der Waals surface area contributed by atoms with Gasteiger partial charge in [0.2, 0.25) is 0 Å². The highest BCUT2D eigenvalue weighted by Gasteiger charge is 2.15. The summed E-state index contributed by atoms with van der Waals surface area (Å²) in [4.78, 5) is 25.5. The number of carbonyl (C=O) groups is 1. The van der Waals surface area contributed by atoms with Gasteiger partial charge in [0.05, 0.1) is 28.3 Å². The van der Waals surface area contributed by atoms with Crippen molar-refractivity contribution in [2.24, 2.45) is 0 Å². The largest absolute Gasteiger partial charge is 0.320 e. The topological polar surface area (TPSA) is 78.0 Å². The summed E-state index contributed by atoms with van der Waals surface area (Å²) in [5, 5.41) is 10.6. The molecule has 0 bridgehead atoms. The molecule has 2 rings (SSSR count). The fourth-order valence-electron chi connectivity index (χ4n) is 1.64. The van der Waals surface area contributed by atoms with Gasteiger partial charge >= 0.3 is 0 Å². The van der Waals surface area contributed by atoms with Crippen LogP contribution in [0, 0.1) is 10.1 Å². The van der Waals surface area contributed by atoms with Crippen molar-refractivity contribution in [3.8, 4) is 0 Å². The molecule has 0 aliphatic carbocycles. The molecule has 6 heteroatoms. The summed E-state index contributed by atoms with van der Waals surface area (Å²) >= 11 is 0. The Morgan fingerprint density at radius 3 is 2.82 bits per heavy atom. The number of aromatic nitrogens is 2. The van der Waals surface area contributed by atoms with Crippen LogP contribution in [0.2, 0.25) is 0 Å². The number of nitro groups is 1. The minimum Gasteiger partial charge on any atom is -0.320 e. The maximum atomic E-state index is 11.3. The molecule has 17 heavy (non-hydrogen) atoms. The number of carbonyl (C=O) groups excluding carboxylic acids is 1. The van der Waals surface area contributed by atoms with E-state index in [1.54, 1.807) is 17.6 Å². The van der Waals surface area contributed by atoms with Gasteiger partial charge in [-0.1, -0.05) is 0 Å². The van der Waals surface area contributed by atoms with E-state index in [1.165, 1.54) is 25.4 Å². The molecule has 0 saturated carbocycles. The lowest BCUT2D eigenvalue weighted by molar-refractivity contribution is -0.384. The van der Waals surface area contributed by atoms with E-state index < -0.39 is 4.92 Å². The van der Waals surface area contributed by atoms with Gasteiger partial charge in [0.25, 0.3) is 5.69 Å². The summed E-state index contributed by atoms with van der Waals surface area (Å²) in [5.41, 5.74) is 1.24. The summed E-state index contributed by atoms with van der Waals surface area (Å²) < 4.78 is 1.71. The predicted molar refractivity (Wildman–Crippen MR) is 61.8 cm³/mol. The van der Waals surface area contributed by atoms with Crippen molar-refractivity contribution >= 4 is 22.5 Å². The highest BCUT2D eigenvalue weighted by Crippen LogP contribution is 2.22. The molecule has 1 unspecified atom stereocenters. The Hall–Kier alpha value is -2.24. The lowest BCUT2D eigenvalue weighted by Gasteiger charge is -2.09. The van der Waals surface area contributed by atoms with Crippen molar-refractivity contribution in [3.05, 3.63) is 34.6 Å². The van der Waals surface area contributed by atoms with Crippen LogP contribution < -0.4 is 0 Å². The van der Waals surface area contributed by atoms with Crippen LogP contribution in [0.1, 0.15) is 19.9 Å². The van der Waals surface area contributed by atoms with E-state index in [0.717, 1.165) is 5.52 Å². The summed E-state index contributed by atoms with van der Waals surface area (Å²) in [6, 6.07) is 4.10. The zero-order valence-corrected chi connectivity index (χ0v) is 9.45. The molecule has 0 spiro atoms. The molecular weight excluding hydrogens is 222 g/mol. The molecule has 6 nitrogen and oxygen atoms in total. The van der Waals surface area contributed by atoms with Crippen LogP contribution in [0.5, 0.6) is 0 Å². The second-order valence-electron chi connectivity index (χ2n) is 3.87. The lowest BCUT2D eigenvalue weighted by atomic mass is 10.2. The molecule has 88 valence electrons. The molecule has 1 atom stereocenters. The average Bonchev–Trinajstić information content (AvgIpc) is 2.70. The van der Waals surface area contributed by atoms with E-state index in [9.17, 15) is 14.9 Å². The van der Waals surface area contributed by atoms with Gasteiger partial charge in [0.15, 0.2) is 5.78 Å². The molecule has 0 N–H and O–H groups in total. The van der Waals surface area contributed by atoms with Crippen LogP contribution in [-0.4, -0.2) is 20.3 Å². The summed E-state index contributed by atoms with van der Waals surface area (Å²) in [7, 11) is 0. The smallest absolute Gasteiger partial charge is 0.271 e. The Kier molecular flexibility index (Phi) is 2.63. The third-order valence-corrected chi connectivity index (χ3v) is 2.77. The first-order valence-electron chi connectivity index (χ1n) is 5.12. The molecule has 1 aromatic carbocycles. The van der Waals surface area contributed by atoms with Crippen molar-refractivity contribution in [1.29, 1.82) is 0 Å². The molecule has 1 aromatic heterocycles. The van der Waals surface area contributed by atoms with E-state index in [4.69, 9.17) is 0 Å². The first kappa shape index (κ1) is 11.3. The van der Waals surface area contributed by atoms with Gasteiger partial charge in [-0.2, -0.15) is 0 Å². The maximum Gasteiger partial charge on any atom is 0.271 e. The third kappa shape index (κ3) is 1.89.